The average molecular weight is 1000 g/mol. The molecule has 0 unspecified atom stereocenters. The van der Waals surface area contributed by atoms with Crippen molar-refractivity contribution < 1.29 is 36.9 Å². The highest BCUT2D eigenvalue weighted by Gasteiger charge is 2.51. The zero-order chi connectivity index (χ0) is 51.7. The minimum atomic E-state index is -2.66. The van der Waals surface area contributed by atoms with Crippen molar-refractivity contribution in [2.75, 3.05) is 31.2 Å². The fourth-order valence-electron chi connectivity index (χ4n) is 9.79. The molecule has 7 rings (SSSR count). The van der Waals surface area contributed by atoms with Crippen LogP contribution in [0.1, 0.15) is 129 Å². The normalized spacial score (nSPS) is 15.2. The lowest BCUT2D eigenvalue weighted by Gasteiger charge is -2.44. The van der Waals surface area contributed by atoms with Gasteiger partial charge in [0.05, 0.1) is 29.1 Å². The molecule has 10 nitrogen and oxygen atoms in total. The molecule has 1 saturated heterocycles. The van der Waals surface area contributed by atoms with Crippen molar-refractivity contribution >= 4 is 42.2 Å². The van der Waals surface area contributed by atoms with Gasteiger partial charge in [0.1, 0.15) is 18.2 Å². The van der Waals surface area contributed by atoms with Gasteiger partial charge >= 0.3 is 5.97 Å². The summed E-state index contributed by atoms with van der Waals surface area (Å²) < 4.78 is 63.9. The number of carbonyl (C=O) groups excluding carboxylic acids is 1. The topological polar surface area (TPSA) is 96.7 Å². The summed E-state index contributed by atoms with van der Waals surface area (Å²) in [4.78, 5) is 21.1. The van der Waals surface area contributed by atoms with Gasteiger partial charge in [0.15, 0.2) is 23.4 Å². The first kappa shape index (κ1) is 54.1. The van der Waals surface area contributed by atoms with Gasteiger partial charge in [-0.3, -0.25) is 0 Å². The van der Waals surface area contributed by atoms with Crippen molar-refractivity contribution in [2.24, 2.45) is 0 Å². The highest BCUT2D eigenvalue weighted by Crippen LogP contribution is 2.40. The van der Waals surface area contributed by atoms with Gasteiger partial charge in [-0.05, 0) is 126 Å². The number of anilines is 1. The van der Waals surface area contributed by atoms with Crippen LogP contribution >= 0.6 is 0 Å². The summed E-state index contributed by atoms with van der Waals surface area (Å²) in [5.41, 5.74) is 2.23. The van der Waals surface area contributed by atoms with Gasteiger partial charge in [0.25, 0.3) is 8.32 Å². The van der Waals surface area contributed by atoms with Crippen molar-refractivity contribution in [3.63, 3.8) is 0 Å². The van der Waals surface area contributed by atoms with Crippen LogP contribution in [0.15, 0.2) is 115 Å². The molecule has 384 valence electrons. The van der Waals surface area contributed by atoms with Crippen LogP contribution in [0.3, 0.4) is 0 Å². The SMILES string of the molecule is CCOC(=O)[C@@H](OC(C)(C)C)c1c(C)nc2cc(C=CCc3c(OCc4ccccc4)ccc(F)c3F)nn2c1N1CCC(C)(OCCCC[C@@H](C)O[Si](c2ccccc2)(c2ccccc2)C(C)(C)C)CC1. The van der Waals surface area contributed by atoms with Gasteiger partial charge in [-0.2, -0.15) is 9.61 Å². The molecule has 13 heteroatoms. The number of fused-ring (bicyclic) bond motifs is 1. The number of hydrogen-bond donors (Lipinski definition) is 0. The van der Waals surface area contributed by atoms with Crippen LogP contribution in [0.4, 0.5) is 14.6 Å². The van der Waals surface area contributed by atoms with Gasteiger partial charge in [-0.1, -0.05) is 118 Å². The first-order valence-electron chi connectivity index (χ1n) is 25.5. The molecule has 0 bridgehead atoms. The summed E-state index contributed by atoms with van der Waals surface area (Å²) in [6, 6.07) is 35.5. The van der Waals surface area contributed by atoms with Crippen molar-refractivity contribution in [1.82, 2.24) is 14.6 Å². The van der Waals surface area contributed by atoms with Crippen LogP contribution in [0.5, 0.6) is 5.75 Å². The third-order valence-corrected chi connectivity index (χ3v) is 18.6. The molecule has 6 aromatic rings. The van der Waals surface area contributed by atoms with E-state index >= 15 is 4.39 Å². The number of carbonyl (C=O) groups is 1. The van der Waals surface area contributed by atoms with E-state index < -0.39 is 37.6 Å². The van der Waals surface area contributed by atoms with Crippen LogP contribution < -0.4 is 20.0 Å². The third-order valence-electron chi connectivity index (χ3n) is 13.4. The number of benzene rings is 4. The van der Waals surface area contributed by atoms with Crippen molar-refractivity contribution in [3.8, 4) is 5.75 Å². The highest BCUT2D eigenvalue weighted by molar-refractivity contribution is 6.99. The molecule has 0 radical (unpaired) electrons. The van der Waals surface area contributed by atoms with E-state index in [-0.39, 0.29) is 47.7 Å². The standard InChI is InChI=1S/C59H74F2N4O6Si/c1-11-67-56(66)54(70-57(4,5)6)52-43(3)62-51-40-45(27-23-32-48-50(34-33-49(60)53(48)61)68-41-44-25-15-12-16-26-44)63-65(51)55(52)64-37-35-59(10,36-38-64)69-39-22-21-24-42(2)71-72(58(7,8)9,46-28-17-13-18-29-46)47-30-19-14-20-31-47/h12-20,23,25-31,33-34,40,42,54H,11,21-22,24,32,35-39,41H2,1-10H3/t42-,54+/m1/s1. The predicted octanol–water partition coefficient (Wildman–Crippen LogP) is 12.1. The third kappa shape index (κ3) is 12.9. The molecule has 2 aromatic heterocycles. The van der Waals surface area contributed by atoms with Gasteiger partial charge in [0, 0.05) is 43.1 Å². The lowest BCUT2D eigenvalue weighted by molar-refractivity contribution is -0.166. The van der Waals surface area contributed by atoms with E-state index in [4.69, 9.17) is 33.5 Å². The summed E-state index contributed by atoms with van der Waals surface area (Å²) in [6.45, 7) is 23.0. The maximum Gasteiger partial charge on any atom is 0.340 e. The molecule has 2 atom stereocenters. The average Bonchev–Trinajstić information content (AvgIpc) is 3.75. The number of rotatable bonds is 21. The Morgan fingerprint density at radius 2 is 1.50 bits per heavy atom. The van der Waals surface area contributed by atoms with Gasteiger partial charge in [-0.25, -0.2) is 18.6 Å². The van der Waals surface area contributed by atoms with E-state index in [1.165, 1.54) is 16.4 Å². The Balaban J connectivity index is 1.07. The molecule has 0 amide bonds. The number of aryl methyl sites for hydroxylation is 1. The first-order valence-corrected chi connectivity index (χ1v) is 27.5. The molecule has 0 saturated carbocycles. The number of piperidine rings is 1. The molecule has 0 N–H and O–H groups in total. The number of allylic oxidation sites excluding steroid dienone is 1. The summed E-state index contributed by atoms with van der Waals surface area (Å²) in [7, 11) is -2.66. The second kappa shape index (κ2) is 23.4. The van der Waals surface area contributed by atoms with E-state index in [0.717, 1.165) is 43.7 Å². The maximum absolute atomic E-state index is 15.3. The Bertz CT molecular complexity index is 2710. The fourth-order valence-corrected chi connectivity index (χ4v) is 14.5. The largest absolute Gasteiger partial charge is 0.489 e. The summed E-state index contributed by atoms with van der Waals surface area (Å²) in [5, 5.41) is 7.49. The predicted molar refractivity (Wildman–Crippen MR) is 286 cm³/mol. The second-order valence-electron chi connectivity index (χ2n) is 21.2. The van der Waals surface area contributed by atoms with E-state index in [1.807, 2.05) is 64.1 Å². The molecule has 1 aliphatic heterocycles. The number of aromatic nitrogens is 3. The Hall–Kier alpha value is -5.73. The van der Waals surface area contributed by atoms with Crippen LogP contribution in [0.2, 0.25) is 5.04 Å². The molecule has 0 aliphatic carbocycles. The zero-order valence-corrected chi connectivity index (χ0v) is 45.0. The highest BCUT2D eigenvalue weighted by atomic mass is 28.4. The first-order chi connectivity index (χ1) is 34.3. The van der Waals surface area contributed by atoms with Crippen LogP contribution in [0, 0.1) is 18.6 Å². The summed E-state index contributed by atoms with van der Waals surface area (Å²) in [6.07, 6.45) is 6.78. The minimum absolute atomic E-state index is 0.0516. The number of halogens is 2. The summed E-state index contributed by atoms with van der Waals surface area (Å²) in [5.74, 6) is -1.47. The number of nitrogens with zero attached hydrogens (tertiary/aromatic N) is 4. The van der Waals surface area contributed by atoms with Gasteiger partial charge in [0.2, 0.25) is 0 Å². The number of hydrogen-bond acceptors (Lipinski definition) is 9. The monoisotopic (exact) mass is 1000 g/mol. The molecule has 72 heavy (non-hydrogen) atoms. The van der Waals surface area contributed by atoms with Gasteiger partial charge in [-0.15, -0.1) is 0 Å². The summed E-state index contributed by atoms with van der Waals surface area (Å²) >= 11 is 0. The van der Waals surface area contributed by atoms with Crippen molar-refractivity contribution in [2.45, 2.75) is 143 Å². The Labute approximate surface area is 426 Å². The maximum atomic E-state index is 15.3. The van der Waals surface area contributed by atoms with Crippen LogP contribution in [-0.4, -0.2) is 72.5 Å². The molecule has 1 fully saturated rings. The Kier molecular flexibility index (Phi) is 17.6. The molecule has 1 aliphatic rings. The van der Waals surface area contributed by atoms with E-state index in [0.29, 0.717) is 48.1 Å². The zero-order valence-electron chi connectivity index (χ0n) is 44.0. The lowest BCUT2D eigenvalue weighted by Crippen LogP contribution is -2.67. The quantitative estimate of drug-likeness (QED) is 0.0397. The van der Waals surface area contributed by atoms with Crippen molar-refractivity contribution in [1.29, 1.82) is 0 Å². The molecular formula is C59H74F2N4O6Si. The molecule has 0 spiro atoms. The van der Waals surface area contributed by atoms with Crippen molar-refractivity contribution in [3.05, 3.63) is 155 Å². The number of unbranched alkanes of at least 4 members (excludes halogenated alkanes) is 1. The Morgan fingerprint density at radius 1 is 0.875 bits per heavy atom. The Morgan fingerprint density at radius 3 is 2.10 bits per heavy atom. The minimum Gasteiger partial charge on any atom is -0.489 e. The lowest BCUT2D eigenvalue weighted by atomic mass is 9.92. The fraction of sp³-hybridized carbons (Fsp3) is 0.441. The number of esters is 1. The second-order valence-corrected chi connectivity index (χ2v) is 25.5. The van der Waals surface area contributed by atoms with Gasteiger partial charge < -0.3 is 28.3 Å². The molecule has 3 heterocycles. The van der Waals surface area contributed by atoms with E-state index in [9.17, 15) is 9.18 Å². The van der Waals surface area contributed by atoms with Crippen LogP contribution in [0.25, 0.3) is 11.7 Å². The van der Waals surface area contributed by atoms with Crippen LogP contribution in [-0.2, 0) is 36.5 Å². The molecule has 4 aromatic carbocycles. The van der Waals surface area contributed by atoms with E-state index in [2.05, 4.69) is 100 Å². The van der Waals surface area contributed by atoms with E-state index in [1.54, 1.807) is 23.6 Å². The molecular weight excluding hydrogens is 927 g/mol. The smallest absolute Gasteiger partial charge is 0.340 e. The number of ether oxygens (including phenoxy) is 4.